The van der Waals surface area contributed by atoms with Crippen LogP contribution in [-0.4, -0.2) is 25.2 Å². The van der Waals surface area contributed by atoms with Gasteiger partial charge in [0.2, 0.25) is 0 Å². The third-order valence-corrected chi connectivity index (χ3v) is 2.11. The van der Waals surface area contributed by atoms with Crippen LogP contribution < -0.4 is 0 Å². The molecule has 0 heterocycles. The van der Waals surface area contributed by atoms with Gasteiger partial charge in [-0.15, -0.1) is 0 Å². The molecule has 0 rings (SSSR count). The lowest BCUT2D eigenvalue weighted by Crippen LogP contribution is -2.23. The van der Waals surface area contributed by atoms with Gasteiger partial charge in [-0.05, 0) is 17.3 Å². The van der Waals surface area contributed by atoms with E-state index in [1.807, 2.05) is 48.5 Å². The quantitative estimate of drug-likeness (QED) is 0.325. The summed E-state index contributed by atoms with van der Waals surface area (Å²) >= 11 is 0. The Morgan fingerprint density at radius 3 is 1.50 bits per heavy atom. The Kier molecular flexibility index (Phi) is 7.54. The summed E-state index contributed by atoms with van der Waals surface area (Å²) in [4.78, 5) is 24.0. The maximum atomic E-state index is 12.0. The van der Waals surface area contributed by atoms with Crippen LogP contribution >= 0.6 is 0 Å². The Hall–Kier alpha value is -1.32. The van der Waals surface area contributed by atoms with Gasteiger partial charge in [0.25, 0.3) is 0 Å². The molecule has 0 N–H and O–H groups in total. The fraction of sp³-hybridized carbons (Fsp3) is 0.750. The zero-order valence-corrected chi connectivity index (χ0v) is 13.8. The molecule has 0 aromatic heterocycles. The van der Waals surface area contributed by atoms with Crippen molar-refractivity contribution in [3.8, 4) is 0 Å². The number of rotatable bonds is 6. The summed E-state index contributed by atoms with van der Waals surface area (Å²) in [7, 11) is 0. The van der Waals surface area contributed by atoms with Crippen molar-refractivity contribution >= 4 is 11.9 Å². The summed E-state index contributed by atoms with van der Waals surface area (Å²) in [6, 6.07) is 0. The average Bonchev–Trinajstić information content (AvgIpc) is 2.28. The molecule has 0 aliphatic carbocycles. The van der Waals surface area contributed by atoms with Gasteiger partial charge in [0.15, 0.2) is 0 Å². The van der Waals surface area contributed by atoms with Gasteiger partial charge in [0.1, 0.15) is 5.57 Å². The van der Waals surface area contributed by atoms with Crippen LogP contribution in [0.5, 0.6) is 0 Å². The minimum atomic E-state index is -0.609. The van der Waals surface area contributed by atoms with Crippen LogP contribution in [0.25, 0.3) is 0 Å². The molecule has 0 aromatic carbocycles. The van der Waals surface area contributed by atoms with Gasteiger partial charge < -0.3 is 9.47 Å². The van der Waals surface area contributed by atoms with Crippen molar-refractivity contribution in [1.29, 1.82) is 0 Å². The van der Waals surface area contributed by atoms with Gasteiger partial charge in [-0.3, -0.25) is 0 Å². The van der Waals surface area contributed by atoms with Gasteiger partial charge in [0, 0.05) is 0 Å². The van der Waals surface area contributed by atoms with E-state index < -0.39 is 11.9 Å². The van der Waals surface area contributed by atoms with E-state index in [0.717, 1.165) is 0 Å². The highest BCUT2D eigenvalue weighted by molar-refractivity contribution is 6.14. The van der Waals surface area contributed by atoms with Crippen molar-refractivity contribution in [2.75, 3.05) is 13.2 Å². The number of carbonyl (C=O) groups excluding carboxylic acids is 2. The van der Waals surface area contributed by atoms with E-state index in [1.54, 1.807) is 6.08 Å². The molecule has 0 saturated carbocycles. The standard InChI is InChI=1S/C16H28O4/c1-11(2)9-19-14(17)13(8-16(5,6)7)15(18)20-10-12(3)4/h8,11-12H,9-10H2,1-7H3. The zero-order valence-electron chi connectivity index (χ0n) is 13.8. The maximum Gasteiger partial charge on any atom is 0.345 e. The highest BCUT2D eigenvalue weighted by Crippen LogP contribution is 2.19. The Morgan fingerprint density at radius 2 is 1.25 bits per heavy atom. The smallest absolute Gasteiger partial charge is 0.345 e. The first-order chi connectivity index (χ1) is 9.03. The molecular weight excluding hydrogens is 256 g/mol. The van der Waals surface area contributed by atoms with Crippen LogP contribution in [0.1, 0.15) is 48.5 Å². The fourth-order valence-electron chi connectivity index (χ4n) is 1.27. The monoisotopic (exact) mass is 284 g/mol. The number of carbonyl (C=O) groups is 2. The Balaban J connectivity index is 4.95. The molecule has 0 saturated heterocycles. The van der Waals surface area contributed by atoms with Crippen LogP contribution in [0.2, 0.25) is 0 Å². The summed E-state index contributed by atoms with van der Waals surface area (Å²) in [6.45, 7) is 14.1. The number of hydrogen-bond donors (Lipinski definition) is 0. The average molecular weight is 284 g/mol. The molecule has 0 atom stereocenters. The summed E-state index contributed by atoms with van der Waals surface area (Å²) < 4.78 is 10.3. The van der Waals surface area contributed by atoms with E-state index in [0.29, 0.717) is 0 Å². The summed E-state index contributed by atoms with van der Waals surface area (Å²) in [5.74, 6) is -0.771. The van der Waals surface area contributed by atoms with E-state index in [4.69, 9.17) is 9.47 Å². The van der Waals surface area contributed by atoms with Crippen molar-refractivity contribution in [2.45, 2.75) is 48.5 Å². The number of ether oxygens (including phenoxy) is 2. The number of esters is 2. The lowest BCUT2D eigenvalue weighted by molar-refractivity contribution is -0.148. The van der Waals surface area contributed by atoms with Gasteiger partial charge in [-0.1, -0.05) is 54.5 Å². The van der Waals surface area contributed by atoms with Crippen LogP contribution in [0.15, 0.2) is 11.6 Å². The van der Waals surface area contributed by atoms with E-state index >= 15 is 0 Å². The molecule has 20 heavy (non-hydrogen) atoms. The maximum absolute atomic E-state index is 12.0. The van der Waals surface area contributed by atoms with Crippen molar-refractivity contribution in [3.05, 3.63) is 11.6 Å². The summed E-state index contributed by atoms with van der Waals surface area (Å²) in [5, 5.41) is 0. The van der Waals surface area contributed by atoms with Crippen LogP contribution in [0.3, 0.4) is 0 Å². The van der Waals surface area contributed by atoms with Crippen LogP contribution in [-0.2, 0) is 19.1 Å². The molecule has 0 fully saturated rings. The molecule has 0 aromatic rings. The van der Waals surface area contributed by atoms with Crippen molar-refractivity contribution in [2.24, 2.45) is 17.3 Å². The topological polar surface area (TPSA) is 52.6 Å². The molecular formula is C16H28O4. The molecule has 0 amide bonds. The highest BCUT2D eigenvalue weighted by atomic mass is 16.6. The summed E-state index contributed by atoms with van der Waals surface area (Å²) in [5.41, 5.74) is -0.318. The van der Waals surface area contributed by atoms with Gasteiger partial charge in [0.05, 0.1) is 13.2 Å². The molecule has 0 aliphatic rings. The van der Waals surface area contributed by atoms with Crippen molar-refractivity contribution in [1.82, 2.24) is 0 Å². The second kappa shape index (κ2) is 8.08. The highest BCUT2D eigenvalue weighted by Gasteiger charge is 2.24. The third kappa shape index (κ3) is 8.73. The SMILES string of the molecule is CC(C)COC(=O)C(=CC(C)(C)C)C(=O)OCC(C)C. The Morgan fingerprint density at radius 1 is 0.900 bits per heavy atom. The lowest BCUT2D eigenvalue weighted by atomic mass is 9.93. The molecule has 0 radical (unpaired) electrons. The summed E-state index contributed by atoms with van der Waals surface area (Å²) in [6.07, 6.45) is 1.61. The van der Waals surface area contributed by atoms with E-state index in [9.17, 15) is 9.59 Å². The van der Waals surface area contributed by atoms with Gasteiger partial charge in [-0.2, -0.15) is 0 Å². The minimum absolute atomic E-state index is 0.0150. The first-order valence-corrected chi connectivity index (χ1v) is 7.10. The predicted octanol–water partition coefficient (Wildman–Crippen LogP) is 3.36. The molecule has 4 heteroatoms. The molecule has 0 bridgehead atoms. The molecule has 4 nitrogen and oxygen atoms in total. The molecule has 0 aliphatic heterocycles. The third-order valence-electron chi connectivity index (χ3n) is 2.11. The fourth-order valence-corrected chi connectivity index (χ4v) is 1.27. The van der Waals surface area contributed by atoms with E-state index in [1.165, 1.54) is 0 Å². The minimum Gasteiger partial charge on any atom is -0.462 e. The number of allylic oxidation sites excluding steroid dienone is 1. The van der Waals surface area contributed by atoms with Crippen LogP contribution in [0.4, 0.5) is 0 Å². The molecule has 0 unspecified atom stereocenters. The molecule has 0 spiro atoms. The van der Waals surface area contributed by atoms with E-state index in [2.05, 4.69) is 0 Å². The Labute approximate surface area is 122 Å². The molecule has 116 valence electrons. The first kappa shape index (κ1) is 18.7. The normalized spacial score (nSPS) is 11.4. The predicted molar refractivity (Wildman–Crippen MR) is 79.1 cm³/mol. The van der Waals surface area contributed by atoms with Gasteiger partial charge >= 0.3 is 11.9 Å². The Bertz CT molecular complexity index is 333. The largest absolute Gasteiger partial charge is 0.462 e. The van der Waals surface area contributed by atoms with E-state index in [-0.39, 0.29) is 36.0 Å². The second-order valence-electron chi connectivity index (χ2n) is 6.91. The van der Waals surface area contributed by atoms with Crippen molar-refractivity contribution < 1.29 is 19.1 Å². The van der Waals surface area contributed by atoms with Crippen molar-refractivity contribution in [3.63, 3.8) is 0 Å². The first-order valence-electron chi connectivity index (χ1n) is 7.10. The number of hydrogen-bond acceptors (Lipinski definition) is 4. The van der Waals surface area contributed by atoms with Crippen LogP contribution in [0, 0.1) is 17.3 Å². The lowest BCUT2D eigenvalue weighted by Gasteiger charge is -2.16. The second-order valence-corrected chi connectivity index (χ2v) is 6.91. The zero-order chi connectivity index (χ0) is 15.9. The van der Waals surface area contributed by atoms with Gasteiger partial charge in [-0.25, -0.2) is 9.59 Å².